The first-order valence-electron chi connectivity index (χ1n) is 6.13. The van der Waals surface area contributed by atoms with E-state index in [-0.39, 0.29) is 5.56 Å². The molecule has 2 aromatic rings. The molecule has 0 saturated carbocycles. The molecule has 2 aromatic carbocycles. The second kappa shape index (κ2) is 6.58. The number of hydrogen-bond donors (Lipinski definition) is 1. The van der Waals surface area contributed by atoms with Crippen LogP contribution in [0.1, 0.15) is 15.9 Å². The molecule has 0 spiro atoms. The van der Waals surface area contributed by atoms with Crippen LogP contribution in [0.2, 0.25) is 0 Å². The van der Waals surface area contributed by atoms with E-state index in [1.807, 2.05) is 24.3 Å². The Balaban J connectivity index is 2.41. The third-order valence-electron chi connectivity index (χ3n) is 3.06. The zero-order valence-electron chi connectivity index (χ0n) is 11.2. The minimum absolute atomic E-state index is 0.104. The highest BCUT2D eigenvalue weighted by molar-refractivity contribution is 9.10. The van der Waals surface area contributed by atoms with E-state index in [4.69, 9.17) is 5.73 Å². The number of halogens is 3. The normalized spacial score (nSPS) is 10.5. The molecule has 0 saturated heterocycles. The SMILES string of the molecule is CN(Cc1ccccc1Br)c1cc(Br)cc(F)c1C(N)=O. The summed E-state index contributed by atoms with van der Waals surface area (Å²) in [5.74, 6) is -1.42. The number of carbonyl (C=O) groups is 1. The summed E-state index contributed by atoms with van der Waals surface area (Å²) in [7, 11) is 1.78. The molecule has 2 rings (SSSR count). The molecule has 110 valence electrons. The molecule has 6 heteroatoms. The average molecular weight is 416 g/mol. The quantitative estimate of drug-likeness (QED) is 0.817. The fourth-order valence-electron chi connectivity index (χ4n) is 2.07. The minimum atomic E-state index is -0.783. The summed E-state index contributed by atoms with van der Waals surface area (Å²) in [6.07, 6.45) is 0. The van der Waals surface area contributed by atoms with Gasteiger partial charge in [0.1, 0.15) is 5.82 Å². The molecule has 0 aliphatic heterocycles. The highest BCUT2D eigenvalue weighted by Gasteiger charge is 2.18. The van der Waals surface area contributed by atoms with Crippen LogP contribution in [0.4, 0.5) is 10.1 Å². The van der Waals surface area contributed by atoms with Gasteiger partial charge in [0.25, 0.3) is 5.91 Å². The minimum Gasteiger partial charge on any atom is -0.369 e. The highest BCUT2D eigenvalue weighted by Crippen LogP contribution is 2.29. The Bertz CT molecular complexity index is 691. The number of primary amides is 1. The van der Waals surface area contributed by atoms with Crippen molar-refractivity contribution in [2.75, 3.05) is 11.9 Å². The maximum Gasteiger partial charge on any atom is 0.253 e. The predicted octanol–water partition coefficient (Wildman–Crippen LogP) is 4.09. The highest BCUT2D eigenvalue weighted by atomic mass is 79.9. The molecule has 0 aliphatic rings. The van der Waals surface area contributed by atoms with Gasteiger partial charge in [-0.3, -0.25) is 4.79 Å². The van der Waals surface area contributed by atoms with Gasteiger partial charge in [-0.1, -0.05) is 50.1 Å². The molecular formula is C15H13Br2FN2O. The zero-order chi connectivity index (χ0) is 15.6. The second-order valence-electron chi connectivity index (χ2n) is 4.59. The van der Waals surface area contributed by atoms with Gasteiger partial charge in [0, 0.05) is 22.5 Å². The van der Waals surface area contributed by atoms with Crippen LogP contribution in [0.5, 0.6) is 0 Å². The van der Waals surface area contributed by atoms with E-state index in [1.165, 1.54) is 6.07 Å². The fraction of sp³-hybridized carbons (Fsp3) is 0.133. The molecule has 0 aliphatic carbocycles. The van der Waals surface area contributed by atoms with Crippen molar-refractivity contribution in [2.24, 2.45) is 5.73 Å². The molecule has 3 nitrogen and oxygen atoms in total. The van der Waals surface area contributed by atoms with E-state index in [0.29, 0.717) is 16.7 Å². The molecule has 0 unspecified atom stereocenters. The van der Waals surface area contributed by atoms with Crippen LogP contribution in [0, 0.1) is 5.82 Å². The van der Waals surface area contributed by atoms with Gasteiger partial charge in [-0.25, -0.2) is 4.39 Å². The van der Waals surface area contributed by atoms with E-state index in [0.717, 1.165) is 10.0 Å². The van der Waals surface area contributed by atoms with Crippen molar-refractivity contribution in [2.45, 2.75) is 6.54 Å². The maximum atomic E-state index is 14.0. The van der Waals surface area contributed by atoms with E-state index < -0.39 is 11.7 Å². The molecule has 2 N–H and O–H groups in total. The van der Waals surface area contributed by atoms with Crippen molar-refractivity contribution >= 4 is 43.5 Å². The van der Waals surface area contributed by atoms with Gasteiger partial charge in [0.15, 0.2) is 0 Å². The number of anilines is 1. The molecule has 0 bridgehead atoms. The van der Waals surface area contributed by atoms with Crippen LogP contribution in [0.3, 0.4) is 0 Å². The largest absolute Gasteiger partial charge is 0.369 e. The first-order chi connectivity index (χ1) is 9.90. The van der Waals surface area contributed by atoms with Crippen LogP contribution in [-0.2, 0) is 6.54 Å². The molecular weight excluding hydrogens is 403 g/mol. The lowest BCUT2D eigenvalue weighted by Crippen LogP contribution is -2.23. The third-order valence-corrected chi connectivity index (χ3v) is 4.29. The summed E-state index contributed by atoms with van der Waals surface area (Å²) in [5.41, 5.74) is 6.67. The third kappa shape index (κ3) is 3.63. The van der Waals surface area contributed by atoms with Gasteiger partial charge in [0.2, 0.25) is 0 Å². The lowest BCUT2D eigenvalue weighted by atomic mass is 10.1. The summed E-state index contributed by atoms with van der Waals surface area (Å²) < 4.78 is 15.5. The Labute approximate surface area is 139 Å². The van der Waals surface area contributed by atoms with E-state index in [1.54, 1.807) is 18.0 Å². The lowest BCUT2D eigenvalue weighted by molar-refractivity contribution is 0.0997. The summed E-state index contributed by atoms with van der Waals surface area (Å²) in [6.45, 7) is 0.512. The van der Waals surface area contributed by atoms with Gasteiger partial charge in [-0.2, -0.15) is 0 Å². The molecule has 0 fully saturated rings. The van der Waals surface area contributed by atoms with Crippen LogP contribution < -0.4 is 10.6 Å². The molecule has 0 radical (unpaired) electrons. The number of nitrogens with zero attached hydrogens (tertiary/aromatic N) is 1. The molecule has 0 atom stereocenters. The Kier molecular flexibility index (Phi) is 5.00. The number of nitrogens with two attached hydrogens (primary N) is 1. The van der Waals surface area contributed by atoms with E-state index in [2.05, 4.69) is 31.9 Å². The van der Waals surface area contributed by atoms with Crippen molar-refractivity contribution in [3.8, 4) is 0 Å². The zero-order valence-corrected chi connectivity index (χ0v) is 14.4. The number of benzene rings is 2. The van der Waals surface area contributed by atoms with E-state index in [9.17, 15) is 9.18 Å². The van der Waals surface area contributed by atoms with E-state index >= 15 is 0 Å². The smallest absolute Gasteiger partial charge is 0.253 e. The van der Waals surface area contributed by atoms with Gasteiger partial charge < -0.3 is 10.6 Å². The standard InChI is InChI=1S/C15H13Br2FN2O/c1-20(8-9-4-2-3-5-11(9)17)13-7-10(16)6-12(18)14(13)15(19)21/h2-7H,8H2,1H3,(H2,19,21). The number of amides is 1. The van der Waals surface area contributed by atoms with Crippen LogP contribution in [0.15, 0.2) is 45.3 Å². The summed E-state index contributed by atoms with van der Waals surface area (Å²) in [5, 5.41) is 0. The molecule has 1 amide bonds. The number of rotatable bonds is 4. The first-order valence-corrected chi connectivity index (χ1v) is 7.72. The van der Waals surface area contributed by atoms with Gasteiger partial charge in [-0.05, 0) is 23.8 Å². The van der Waals surface area contributed by atoms with Crippen LogP contribution in [-0.4, -0.2) is 13.0 Å². The van der Waals surface area contributed by atoms with Crippen LogP contribution in [0.25, 0.3) is 0 Å². The first kappa shape index (κ1) is 16.0. The van der Waals surface area contributed by atoms with Gasteiger partial charge in [-0.15, -0.1) is 0 Å². The summed E-state index contributed by atoms with van der Waals surface area (Å²) in [4.78, 5) is 13.3. The van der Waals surface area contributed by atoms with Gasteiger partial charge >= 0.3 is 0 Å². The maximum absolute atomic E-state index is 14.0. The van der Waals surface area contributed by atoms with Crippen LogP contribution >= 0.6 is 31.9 Å². The summed E-state index contributed by atoms with van der Waals surface area (Å²) >= 11 is 6.71. The van der Waals surface area contributed by atoms with Crippen molar-refractivity contribution in [1.29, 1.82) is 0 Å². The molecule has 0 aromatic heterocycles. The van der Waals surface area contributed by atoms with Crippen molar-refractivity contribution in [3.05, 3.63) is 62.3 Å². The molecule has 21 heavy (non-hydrogen) atoms. The lowest BCUT2D eigenvalue weighted by Gasteiger charge is -2.23. The fourth-order valence-corrected chi connectivity index (χ4v) is 2.90. The Morgan fingerprint density at radius 1 is 1.29 bits per heavy atom. The topological polar surface area (TPSA) is 46.3 Å². The average Bonchev–Trinajstić information content (AvgIpc) is 2.39. The summed E-state index contributed by atoms with van der Waals surface area (Å²) in [6, 6.07) is 10.6. The predicted molar refractivity (Wildman–Crippen MR) is 88.9 cm³/mol. The number of hydrogen-bond acceptors (Lipinski definition) is 2. The Morgan fingerprint density at radius 3 is 2.57 bits per heavy atom. The molecule has 0 heterocycles. The number of carbonyl (C=O) groups excluding carboxylic acids is 1. The second-order valence-corrected chi connectivity index (χ2v) is 6.36. The Hall–Kier alpha value is -1.40. The van der Waals surface area contributed by atoms with Crippen molar-refractivity contribution in [1.82, 2.24) is 0 Å². The van der Waals surface area contributed by atoms with Crippen molar-refractivity contribution in [3.63, 3.8) is 0 Å². The van der Waals surface area contributed by atoms with Gasteiger partial charge in [0.05, 0.1) is 11.3 Å². The Morgan fingerprint density at radius 2 is 1.95 bits per heavy atom. The van der Waals surface area contributed by atoms with Crippen molar-refractivity contribution < 1.29 is 9.18 Å². The monoisotopic (exact) mass is 414 g/mol.